The smallest absolute Gasteiger partial charge is 0.303 e. The molecule has 10 heteroatoms. The quantitative estimate of drug-likeness (QED) is 0.329. The minimum absolute atomic E-state index is 0.0287. The summed E-state index contributed by atoms with van der Waals surface area (Å²) in [5.41, 5.74) is 8.40. The summed E-state index contributed by atoms with van der Waals surface area (Å²) in [7, 11) is 0. The van der Waals surface area contributed by atoms with E-state index in [0.717, 1.165) is 0 Å². The van der Waals surface area contributed by atoms with Crippen molar-refractivity contribution in [2.45, 2.75) is 45.1 Å². The van der Waals surface area contributed by atoms with E-state index in [1.165, 1.54) is 20.8 Å². The molecule has 122 valence electrons. The van der Waals surface area contributed by atoms with Gasteiger partial charge in [0.05, 0.1) is 19.2 Å². The predicted molar refractivity (Wildman–Crippen MR) is 72.5 cm³/mol. The molecule has 0 radical (unpaired) electrons. The first kappa shape index (κ1) is 17.7. The zero-order valence-electron chi connectivity index (χ0n) is 12.5. The zero-order valence-corrected chi connectivity index (χ0v) is 12.5. The van der Waals surface area contributed by atoms with Crippen LogP contribution in [0.3, 0.4) is 0 Å². The highest BCUT2D eigenvalue weighted by Gasteiger charge is 2.45. The van der Waals surface area contributed by atoms with Crippen LogP contribution in [0.4, 0.5) is 0 Å². The van der Waals surface area contributed by atoms with Gasteiger partial charge < -0.3 is 19.5 Å². The number of carbonyl (C=O) groups is 3. The number of esters is 2. The van der Waals surface area contributed by atoms with Crippen LogP contribution < -0.4 is 5.32 Å². The Balaban J connectivity index is 3.03. The third-order valence-corrected chi connectivity index (χ3v) is 2.89. The van der Waals surface area contributed by atoms with E-state index in [4.69, 9.17) is 19.7 Å². The van der Waals surface area contributed by atoms with E-state index in [1.807, 2.05) is 0 Å². The normalized spacial score (nSPS) is 27.2. The lowest BCUT2D eigenvalue weighted by molar-refractivity contribution is -0.198. The number of nitrogens with one attached hydrogen (secondary N) is 1. The Morgan fingerprint density at radius 1 is 1.23 bits per heavy atom. The summed E-state index contributed by atoms with van der Waals surface area (Å²) in [4.78, 5) is 36.4. The molecule has 22 heavy (non-hydrogen) atoms. The highest BCUT2D eigenvalue weighted by Crippen LogP contribution is 2.22. The Hall–Kier alpha value is -2.32. The Morgan fingerprint density at radius 2 is 1.82 bits per heavy atom. The molecule has 1 fully saturated rings. The molecule has 0 spiro atoms. The molecule has 10 nitrogen and oxygen atoms in total. The molecule has 1 aliphatic rings. The van der Waals surface area contributed by atoms with Gasteiger partial charge in [0.1, 0.15) is 6.10 Å². The van der Waals surface area contributed by atoms with Gasteiger partial charge in [0, 0.05) is 25.7 Å². The van der Waals surface area contributed by atoms with Gasteiger partial charge in [0.2, 0.25) is 5.91 Å². The topological polar surface area (TPSA) is 140 Å². The minimum atomic E-state index is -0.988. The number of hydrogen-bond acceptors (Lipinski definition) is 7. The van der Waals surface area contributed by atoms with Crippen molar-refractivity contribution in [1.82, 2.24) is 5.32 Å². The van der Waals surface area contributed by atoms with Gasteiger partial charge in [-0.1, -0.05) is 5.11 Å². The van der Waals surface area contributed by atoms with Gasteiger partial charge in [-0.15, -0.1) is 0 Å². The molecule has 1 N–H and O–H groups in total. The number of ether oxygens (including phenoxy) is 3. The van der Waals surface area contributed by atoms with E-state index in [1.54, 1.807) is 0 Å². The third kappa shape index (κ3) is 5.23. The van der Waals surface area contributed by atoms with Gasteiger partial charge in [0.15, 0.2) is 12.2 Å². The lowest BCUT2D eigenvalue weighted by Gasteiger charge is -2.40. The van der Waals surface area contributed by atoms with Gasteiger partial charge in [-0.25, -0.2) is 0 Å². The number of azide groups is 1. The van der Waals surface area contributed by atoms with Crippen molar-refractivity contribution in [2.24, 2.45) is 5.11 Å². The van der Waals surface area contributed by atoms with Crippen LogP contribution in [0.5, 0.6) is 0 Å². The Bertz CT molecular complexity index is 460. The van der Waals surface area contributed by atoms with E-state index < -0.39 is 36.3 Å². The first-order valence-corrected chi connectivity index (χ1v) is 6.59. The van der Waals surface area contributed by atoms with Crippen molar-refractivity contribution >= 4 is 17.8 Å². The largest absolute Gasteiger partial charge is 0.456 e. The van der Waals surface area contributed by atoms with Crippen LogP contribution in [-0.2, 0) is 28.6 Å². The van der Waals surface area contributed by atoms with Crippen molar-refractivity contribution in [3.63, 3.8) is 0 Å². The summed E-state index contributed by atoms with van der Waals surface area (Å²) >= 11 is 0. The van der Waals surface area contributed by atoms with Crippen molar-refractivity contribution in [1.29, 1.82) is 0 Å². The van der Waals surface area contributed by atoms with Crippen LogP contribution >= 0.6 is 0 Å². The van der Waals surface area contributed by atoms with Crippen LogP contribution in [0.1, 0.15) is 20.8 Å². The summed E-state index contributed by atoms with van der Waals surface area (Å²) < 4.78 is 15.8. The summed E-state index contributed by atoms with van der Waals surface area (Å²) in [6.45, 7) is 3.63. The van der Waals surface area contributed by atoms with Crippen LogP contribution in [-0.4, -0.2) is 55.4 Å². The molecule has 4 unspecified atom stereocenters. The lowest BCUT2D eigenvalue weighted by Crippen LogP contribution is -2.62. The predicted octanol–water partition coefficient (Wildman–Crippen LogP) is 0.0636. The molecule has 0 saturated carbocycles. The summed E-state index contributed by atoms with van der Waals surface area (Å²) in [6, 6.07) is -0.673. The monoisotopic (exact) mass is 314 g/mol. The molecule has 4 atom stereocenters. The Kier molecular flexibility index (Phi) is 6.61. The van der Waals surface area contributed by atoms with E-state index in [-0.39, 0.29) is 19.1 Å². The fraction of sp³-hybridized carbons (Fsp3) is 0.750. The highest BCUT2D eigenvalue weighted by molar-refractivity contribution is 5.73. The summed E-state index contributed by atoms with van der Waals surface area (Å²) in [5.74, 6) is -1.55. The number of carbonyl (C=O) groups excluding carboxylic acids is 3. The highest BCUT2D eigenvalue weighted by atomic mass is 16.6. The number of rotatable bonds is 5. The Labute approximate surface area is 126 Å². The maximum atomic E-state index is 11.3. The van der Waals surface area contributed by atoms with Crippen molar-refractivity contribution in [3.05, 3.63) is 10.4 Å². The minimum Gasteiger partial charge on any atom is -0.456 e. The van der Waals surface area contributed by atoms with Gasteiger partial charge in [-0.2, -0.15) is 0 Å². The number of nitrogens with zero attached hydrogens (tertiary/aromatic N) is 3. The first-order chi connectivity index (χ1) is 10.3. The fourth-order valence-corrected chi connectivity index (χ4v) is 2.19. The molecule has 0 aromatic carbocycles. The average Bonchev–Trinajstić information content (AvgIpc) is 2.40. The second-order valence-corrected chi connectivity index (χ2v) is 4.74. The van der Waals surface area contributed by atoms with E-state index in [2.05, 4.69) is 15.3 Å². The zero-order chi connectivity index (χ0) is 16.7. The second-order valence-electron chi connectivity index (χ2n) is 4.74. The molecule has 0 bridgehead atoms. The fourth-order valence-electron chi connectivity index (χ4n) is 2.19. The number of hydrogen-bond donors (Lipinski definition) is 1. The van der Waals surface area contributed by atoms with Crippen molar-refractivity contribution in [2.75, 3.05) is 13.2 Å². The Morgan fingerprint density at radius 3 is 2.32 bits per heavy atom. The van der Waals surface area contributed by atoms with Crippen LogP contribution in [0, 0.1) is 0 Å². The maximum Gasteiger partial charge on any atom is 0.303 e. The number of amides is 1. The van der Waals surface area contributed by atoms with Crippen LogP contribution in [0.15, 0.2) is 5.11 Å². The molecule has 0 aromatic heterocycles. The average molecular weight is 314 g/mol. The summed E-state index contributed by atoms with van der Waals surface area (Å²) in [5, 5.41) is 5.97. The van der Waals surface area contributed by atoms with Crippen molar-refractivity contribution in [3.8, 4) is 0 Å². The summed E-state index contributed by atoms with van der Waals surface area (Å²) in [6.07, 6.45) is -2.69. The van der Waals surface area contributed by atoms with Crippen molar-refractivity contribution < 1.29 is 28.6 Å². The van der Waals surface area contributed by atoms with E-state index >= 15 is 0 Å². The molecule has 0 aromatic rings. The SMILES string of the molecule is CC(=O)NC1COC(CN=[N+]=[N-])C(OC(C)=O)C1OC(C)=O. The lowest BCUT2D eigenvalue weighted by atomic mass is 9.97. The molecule has 1 aliphatic heterocycles. The van der Waals surface area contributed by atoms with Gasteiger partial charge in [-0.3, -0.25) is 14.4 Å². The molecule has 1 heterocycles. The molecule has 1 amide bonds. The van der Waals surface area contributed by atoms with Gasteiger partial charge >= 0.3 is 11.9 Å². The van der Waals surface area contributed by atoms with E-state index in [0.29, 0.717) is 0 Å². The molecule has 1 saturated heterocycles. The van der Waals surface area contributed by atoms with E-state index in [9.17, 15) is 14.4 Å². The first-order valence-electron chi connectivity index (χ1n) is 6.59. The van der Waals surface area contributed by atoms with Gasteiger partial charge in [0.25, 0.3) is 0 Å². The molecule has 1 rings (SSSR count). The van der Waals surface area contributed by atoms with Gasteiger partial charge in [-0.05, 0) is 5.53 Å². The molecular weight excluding hydrogens is 296 g/mol. The molecular formula is C12H18N4O6. The van der Waals surface area contributed by atoms with Crippen LogP contribution in [0.25, 0.3) is 10.4 Å². The van der Waals surface area contributed by atoms with Crippen LogP contribution in [0.2, 0.25) is 0 Å². The standard InChI is InChI=1S/C12H18N4O6/c1-6(17)15-9-5-20-10(4-14-16-13)12(22-8(3)19)11(9)21-7(2)18/h9-12H,4-5H2,1-3H3,(H,15,17). The third-order valence-electron chi connectivity index (χ3n) is 2.89. The molecule has 0 aliphatic carbocycles. The second kappa shape index (κ2) is 8.20. The maximum absolute atomic E-state index is 11.3.